The molecule has 0 saturated heterocycles. The predicted molar refractivity (Wildman–Crippen MR) is 53.5 cm³/mol. The van der Waals surface area contributed by atoms with Gasteiger partial charge in [0.2, 0.25) is 0 Å². The number of aliphatic carboxylic acids is 1. The Morgan fingerprint density at radius 2 is 2.20 bits per heavy atom. The first-order valence-corrected chi connectivity index (χ1v) is 4.66. The van der Waals surface area contributed by atoms with Crippen LogP contribution in [0.3, 0.4) is 0 Å². The van der Waals surface area contributed by atoms with Crippen molar-refractivity contribution in [2.45, 2.75) is 26.4 Å². The molecule has 0 heterocycles. The smallest absolute Gasteiger partial charge is 0.307 e. The minimum absolute atomic E-state index is 0.107. The monoisotopic (exact) mass is 212 g/mol. The zero-order valence-corrected chi connectivity index (χ0v) is 8.66. The molecule has 0 aliphatic carbocycles. The van der Waals surface area contributed by atoms with Crippen LogP contribution in [0.4, 0.5) is 4.39 Å². The summed E-state index contributed by atoms with van der Waals surface area (Å²) in [6.07, 6.45) is -0.288. The number of halogens is 1. The minimum Gasteiger partial charge on any atom is -0.488 e. The van der Waals surface area contributed by atoms with Crippen molar-refractivity contribution in [2.75, 3.05) is 0 Å². The highest BCUT2D eigenvalue weighted by Crippen LogP contribution is 2.19. The molecule has 1 aromatic rings. The highest BCUT2D eigenvalue weighted by molar-refractivity contribution is 5.70. The molecule has 1 aromatic carbocycles. The lowest BCUT2D eigenvalue weighted by molar-refractivity contribution is -0.136. The molecule has 4 heteroatoms. The van der Waals surface area contributed by atoms with Gasteiger partial charge in [-0.25, -0.2) is 4.39 Å². The van der Waals surface area contributed by atoms with E-state index in [0.29, 0.717) is 5.56 Å². The largest absolute Gasteiger partial charge is 0.488 e. The van der Waals surface area contributed by atoms with Crippen LogP contribution in [-0.2, 0) is 11.2 Å². The van der Waals surface area contributed by atoms with Crippen LogP contribution in [0.5, 0.6) is 5.75 Å². The van der Waals surface area contributed by atoms with Crippen molar-refractivity contribution in [3.05, 3.63) is 29.6 Å². The third-order valence-electron chi connectivity index (χ3n) is 1.71. The van der Waals surface area contributed by atoms with Gasteiger partial charge >= 0.3 is 5.97 Å². The zero-order valence-electron chi connectivity index (χ0n) is 8.66. The number of carbonyl (C=O) groups is 1. The van der Waals surface area contributed by atoms with Crippen LogP contribution in [0.2, 0.25) is 0 Å². The molecule has 0 saturated carbocycles. The first-order valence-electron chi connectivity index (χ1n) is 4.66. The molecular formula is C11H13FO3. The number of benzene rings is 1. The summed E-state index contributed by atoms with van der Waals surface area (Å²) in [6, 6.07) is 4.19. The Kier molecular flexibility index (Phi) is 3.66. The number of ether oxygens (including phenoxy) is 1. The Bertz CT molecular complexity index is 361. The van der Waals surface area contributed by atoms with E-state index in [4.69, 9.17) is 9.84 Å². The van der Waals surface area contributed by atoms with Crippen molar-refractivity contribution in [3.63, 3.8) is 0 Å². The third kappa shape index (κ3) is 3.58. The van der Waals surface area contributed by atoms with Gasteiger partial charge in [-0.1, -0.05) is 6.07 Å². The van der Waals surface area contributed by atoms with Gasteiger partial charge in [-0.05, 0) is 31.5 Å². The summed E-state index contributed by atoms with van der Waals surface area (Å²) in [4.78, 5) is 10.4. The number of carboxylic acids is 1. The van der Waals surface area contributed by atoms with Gasteiger partial charge in [0.05, 0.1) is 12.5 Å². The number of rotatable bonds is 4. The normalized spacial score (nSPS) is 10.4. The Morgan fingerprint density at radius 3 is 2.67 bits per heavy atom. The molecule has 0 spiro atoms. The molecule has 0 unspecified atom stereocenters. The van der Waals surface area contributed by atoms with E-state index in [1.165, 1.54) is 12.1 Å². The molecule has 0 fully saturated rings. The van der Waals surface area contributed by atoms with Gasteiger partial charge in [-0.2, -0.15) is 0 Å². The summed E-state index contributed by atoms with van der Waals surface area (Å²) in [5.41, 5.74) is 0.427. The highest BCUT2D eigenvalue weighted by atomic mass is 19.1. The molecule has 15 heavy (non-hydrogen) atoms. The Balaban J connectivity index is 2.83. The highest BCUT2D eigenvalue weighted by Gasteiger charge is 2.08. The van der Waals surface area contributed by atoms with Crippen LogP contribution in [0.1, 0.15) is 19.4 Å². The maximum atomic E-state index is 13.3. The topological polar surface area (TPSA) is 46.5 Å². The molecule has 0 bridgehead atoms. The summed E-state index contributed by atoms with van der Waals surface area (Å²) < 4.78 is 18.5. The van der Waals surface area contributed by atoms with E-state index in [0.717, 1.165) is 0 Å². The molecule has 3 nitrogen and oxygen atoms in total. The van der Waals surface area contributed by atoms with Crippen LogP contribution in [-0.4, -0.2) is 17.2 Å². The van der Waals surface area contributed by atoms with E-state index in [1.807, 2.05) is 0 Å². The van der Waals surface area contributed by atoms with Crippen molar-refractivity contribution in [2.24, 2.45) is 0 Å². The number of hydrogen-bond acceptors (Lipinski definition) is 2. The maximum Gasteiger partial charge on any atom is 0.307 e. The first kappa shape index (κ1) is 11.5. The van der Waals surface area contributed by atoms with E-state index < -0.39 is 11.8 Å². The van der Waals surface area contributed by atoms with Gasteiger partial charge in [0.25, 0.3) is 0 Å². The van der Waals surface area contributed by atoms with Gasteiger partial charge < -0.3 is 9.84 Å². The van der Waals surface area contributed by atoms with Gasteiger partial charge in [0.15, 0.2) is 11.6 Å². The van der Waals surface area contributed by atoms with E-state index >= 15 is 0 Å². The predicted octanol–water partition coefficient (Wildman–Crippen LogP) is 2.24. The lowest BCUT2D eigenvalue weighted by Crippen LogP contribution is -2.07. The van der Waals surface area contributed by atoms with Crippen molar-refractivity contribution in [1.29, 1.82) is 0 Å². The fraction of sp³-hybridized carbons (Fsp3) is 0.364. The van der Waals surface area contributed by atoms with Gasteiger partial charge in [-0.15, -0.1) is 0 Å². The molecule has 82 valence electrons. The van der Waals surface area contributed by atoms with Crippen molar-refractivity contribution in [1.82, 2.24) is 0 Å². The molecule has 0 amide bonds. The second-order valence-electron chi connectivity index (χ2n) is 3.50. The van der Waals surface area contributed by atoms with Gasteiger partial charge in [0.1, 0.15) is 0 Å². The van der Waals surface area contributed by atoms with E-state index in [-0.39, 0.29) is 18.3 Å². The quantitative estimate of drug-likeness (QED) is 0.832. The third-order valence-corrected chi connectivity index (χ3v) is 1.71. The van der Waals surface area contributed by atoms with Crippen LogP contribution >= 0.6 is 0 Å². The van der Waals surface area contributed by atoms with Crippen LogP contribution in [0.25, 0.3) is 0 Å². The first-order chi connectivity index (χ1) is 6.99. The molecule has 1 N–H and O–H groups in total. The lowest BCUT2D eigenvalue weighted by Gasteiger charge is -2.10. The summed E-state index contributed by atoms with van der Waals surface area (Å²) in [7, 11) is 0. The molecule has 0 aromatic heterocycles. The van der Waals surface area contributed by atoms with Crippen molar-refractivity contribution in [3.8, 4) is 5.75 Å². The average Bonchev–Trinajstić information content (AvgIpc) is 2.08. The van der Waals surface area contributed by atoms with Gasteiger partial charge in [-0.3, -0.25) is 4.79 Å². The van der Waals surface area contributed by atoms with E-state index in [2.05, 4.69) is 0 Å². The second-order valence-corrected chi connectivity index (χ2v) is 3.50. The molecule has 1 rings (SSSR count). The fourth-order valence-electron chi connectivity index (χ4n) is 1.18. The zero-order chi connectivity index (χ0) is 11.4. The average molecular weight is 212 g/mol. The van der Waals surface area contributed by atoms with Crippen molar-refractivity contribution < 1.29 is 19.0 Å². The Hall–Kier alpha value is -1.58. The Labute approximate surface area is 87.5 Å². The second kappa shape index (κ2) is 4.77. The Morgan fingerprint density at radius 1 is 1.53 bits per heavy atom. The minimum atomic E-state index is -0.980. The van der Waals surface area contributed by atoms with E-state index in [1.54, 1.807) is 19.9 Å². The molecule has 0 aliphatic heterocycles. The molecule has 0 atom stereocenters. The summed E-state index contributed by atoms with van der Waals surface area (Å²) in [6.45, 7) is 3.59. The van der Waals surface area contributed by atoms with E-state index in [9.17, 15) is 9.18 Å². The number of carboxylic acid groups (broad SMARTS) is 1. The SMILES string of the molecule is CC(C)Oc1ccc(CC(=O)O)cc1F. The summed E-state index contributed by atoms with van der Waals surface area (Å²) >= 11 is 0. The molecule has 0 radical (unpaired) electrons. The maximum absolute atomic E-state index is 13.3. The van der Waals surface area contributed by atoms with Crippen LogP contribution < -0.4 is 4.74 Å². The summed E-state index contributed by atoms with van der Waals surface area (Å²) in [5.74, 6) is -1.35. The molecule has 0 aliphatic rings. The van der Waals surface area contributed by atoms with Crippen LogP contribution in [0, 0.1) is 5.82 Å². The van der Waals surface area contributed by atoms with Crippen LogP contribution in [0.15, 0.2) is 18.2 Å². The number of hydrogen-bond donors (Lipinski definition) is 1. The van der Waals surface area contributed by atoms with Gasteiger partial charge in [0, 0.05) is 0 Å². The fourth-order valence-corrected chi connectivity index (χ4v) is 1.18. The standard InChI is InChI=1S/C11H13FO3/c1-7(2)15-10-4-3-8(5-9(10)12)6-11(13)14/h3-5,7H,6H2,1-2H3,(H,13,14). The summed E-state index contributed by atoms with van der Waals surface area (Å²) in [5, 5.41) is 8.52. The lowest BCUT2D eigenvalue weighted by atomic mass is 10.1. The van der Waals surface area contributed by atoms with Crippen molar-refractivity contribution >= 4 is 5.97 Å². The molecular weight excluding hydrogens is 199 g/mol.